The molecule has 0 spiro atoms. The van der Waals surface area contributed by atoms with E-state index in [9.17, 15) is 9.18 Å². The second-order valence-corrected chi connectivity index (χ2v) is 8.43. The summed E-state index contributed by atoms with van der Waals surface area (Å²) in [6, 6.07) is 12.9. The number of aryl methyl sites for hydroxylation is 1. The van der Waals surface area contributed by atoms with Crippen molar-refractivity contribution in [3.63, 3.8) is 0 Å². The molecule has 0 saturated heterocycles. The molecule has 174 valence electrons. The molecule has 5 rings (SSSR count). The molecule has 0 radical (unpaired) electrons. The smallest absolute Gasteiger partial charge is 0.243 e. The lowest BCUT2D eigenvalue weighted by atomic mass is 10.1. The average molecular weight is 461 g/mol. The molecule has 9 heteroatoms. The molecule has 1 amide bonds. The molecule has 34 heavy (non-hydrogen) atoms. The second kappa shape index (κ2) is 8.66. The average Bonchev–Trinajstić information content (AvgIpc) is 3.21. The standard InChI is InChI=1S/C25H25FN6O2/c1-15-25-21(31(2)14-24(33)29-25)10-23(28-15)27-11-16-5-7-20-18(8-16)13-32(30-20)12-17-4-6-19(26)22(9-17)34-3/h4-10,13H,11-12,14H2,1-3H3,(H,27,28)(H,29,33). The largest absolute Gasteiger partial charge is 0.494 e. The molecule has 0 unspecified atom stereocenters. The Morgan fingerprint density at radius 3 is 2.82 bits per heavy atom. The molecule has 8 nitrogen and oxygen atoms in total. The normalized spacial score (nSPS) is 13.1. The molecule has 2 aromatic carbocycles. The SMILES string of the molecule is COc1cc(Cn2cc3cc(CNc4cc5c(c(C)n4)NC(=O)CN5C)ccc3n2)ccc1F. The Kier molecular flexibility index (Phi) is 5.53. The highest BCUT2D eigenvalue weighted by Crippen LogP contribution is 2.33. The van der Waals surface area contributed by atoms with Crippen molar-refractivity contribution >= 4 is 34.0 Å². The molecular weight excluding hydrogens is 435 g/mol. The van der Waals surface area contributed by atoms with Gasteiger partial charge in [-0.25, -0.2) is 9.37 Å². The molecule has 1 aliphatic rings. The quantitative estimate of drug-likeness (QED) is 0.454. The molecule has 0 saturated carbocycles. The number of nitrogens with zero attached hydrogens (tertiary/aromatic N) is 4. The monoisotopic (exact) mass is 460 g/mol. The first kappa shape index (κ1) is 21.7. The molecule has 0 fully saturated rings. The number of ether oxygens (including phenoxy) is 1. The number of hydrogen-bond acceptors (Lipinski definition) is 6. The summed E-state index contributed by atoms with van der Waals surface area (Å²) in [7, 11) is 3.35. The first-order valence-corrected chi connectivity index (χ1v) is 10.9. The van der Waals surface area contributed by atoms with Crippen LogP contribution in [0.3, 0.4) is 0 Å². The van der Waals surface area contributed by atoms with Crippen LogP contribution in [0, 0.1) is 12.7 Å². The number of methoxy groups -OCH3 is 1. The van der Waals surface area contributed by atoms with Crippen molar-refractivity contribution in [2.24, 2.45) is 0 Å². The number of hydrogen-bond donors (Lipinski definition) is 2. The van der Waals surface area contributed by atoms with E-state index < -0.39 is 0 Å². The number of carbonyl (C=O) groups excluding carboxylic acids is 1. The Hall–Kier alpha value is -4.14. The number of fused-ring (bicyclic) bond motifs is 2. The molecule has 0 aliphatic carbocycles. The van der Waals surface area contributed by atoms with Crippen LogP contribution in [-0.4, -0.2) is 41.4 Å². The molecule has 1 aliphatic heterocycles. The molecule has 4 aromatic rings. The van der Waals surface area contributed by atoms with Gasteiger partial charge in [-0.15, -0.1) is 0 Å². The van der Waals surface area contributed by atoms with Crippen LogP contribution in [0.1, 0.15) is 16.8 Å². The van der Waals surface area contributed by atoms with E-state index in [0.29, 0.717) is 19.6 Å². The fraction of sp³-hybridized carbons (Fsp3) is 0.240. The van der Waals surface area contributed by atoms with Crippen molar-refractivity contribution in [1.29, 1.82) is 0 Å². The molecule has 0 bridgehead atoms. The third-order valence-corrected chi connectivity index (χ3v) is 5.89. The number of nitrogens with one attached hydrogen (secondary N) is 2. The van der Waals surface area contributed by atoms with Crippen molar-refractivity contribution in [3.8, 4) is 5.75 Å². The van der Waals surface area contributed by atoms with E-state index in [4.69, 9.17) is 4.74 Å². The number of rotatable bonds is 6. The first-order chi connectivity index (χ1) is 16.4. The highest BCUT2D eigenvalue weighted by Gasteiger charge is 2.22. The van der Waals surface area contributed by atoms with E-state index in [1.807, 2.05) is 47.9 Å². The van der Waals surface area contributed by atoms with Gasteiger partial charge >= 0.3 is 0 Å². The predicted octanol–water partition coefficient (Wildman–Crippen LogP) is 3.94. The van der Waals surface area contributed by atoms with E-state index in [1.165, 1.54) is 13.2 Å². The highest BCUT2D eigenvalue weighted by molar-refractivity contribution is 6.02. The third kappa shape index (κ3) is 4.24. The molecule has 0 atom stereocenters. The first-order valence-electron chi connectivity index (χ1n) is 10.9. The summed E-state index contributed by atoms with van der Waals surface area (Å²) in [5, 5.41) is 11.9. The minimum absolute atomic E-state index is 0.0342. The van der Waals surface area contributed by atoms with E-state index in [2.05, 4.69) is 26.8 Å². The summed E-state index contributed by atoms with van der Waals surface area (Å²) < 4.78 is 20.6. The van der Waals surface area contributed by atoms with E-state index in [-0.39, 0.29) is 17.5 Å². The third-order valence-electron chi connectivity index (χ3n) is 5.89. The van der Waals surface area contributed by atoms with Crippen LogP contribution in [0.15, 0.2) is 48.7 Å². The Bertz CT molecular complexity index is 1400. The number of likely N-dealkylation sites (N-methyl/N-ethyl adjacent to an activating group) is 1. The maximum Gasteiger partial charge on any atom is 0.243 e. The zero-order valence-corrected chi connectivity index (χ0v) is 19.2. The highest BCUT2D eigenvalue weighted by atomic mass is 19.1. The number of halogens is 1. The summed E-state index contributed by atoms with van der Waals surface area (Å²) >= 11 is 0. The maximum atomic E-state index is 13.7. The molecule has 2 aromatic heterocycles. The molecular formula is C25H25FN6O2. The van der Waals surface area contributed by atoms with Gasteiger partial charge in [0.05, 0.1) is 42.8 Å². The number of aromatic nitrogens is 3. The van der Waals surface area contributed by atoms with Crippen LogP contribution in [0.2, 0.25) is 0 Å². The van der Waals surface area contributed by atoms with Gasteiger partial charge in [-0.1, -0.05) is 12.1 Å². The summed E-state index contributed by atoms with van der Waals surface area (Å²) in [4.78, 5) is 18.3. The van der Waals surface area contributed by atoms with Crippen molar-refractivity contribution in [3.05, 3.63) is 71.3 Å². The lowest BCUT2D eigenvalue weighted by molar-refractivity contribution is -0.115. The van der Waals surface area contributed by atoms with Gasteiger partial charge in [0.2, 0.25) is 5.91 Å². The number of amides is 1. The van der Waals surface area contributed by atoms with Crippen LogP contribution in [0.4, 0.5) is 21.6 Å². The summed E-state index contributed by atoms with van der Waals surface area (Å²) in [6.45, 7) is 3.32. The fourth-order valence-corrected chi connectivity index (χ4v) is 4.18. The van der Waals surface area contributed by atoms with Crippen LogP contribution < -0.4 is 20.3 Å². The van der Waals surface area contributed by atoms with Crippen molar-refractivity contribution < 1.29 is 13.9 Å². The van der Waals surface area contributed by atoms with Gasteiger partial charge in [0.25, 0.3) is 0 Å². The Morgan fingerprint density at radius 2 is 2.00 bits per heavy atom. The lowest BCUT2D eigenvalue weighted by Gasteiger charge is -2.28. The minimum atomic E-state index is -0.381. The predicted molar refractivity (Wildman–Crippen MR) is 130 cm³/mol. The number of benzene rings is 2. The fourth-order valence-electron chi connectivity index (χ4n) is 4.18. The van der Waals surface area contributed by atoms with Crippen LogP contribution >= 0.6 is 0 Å². The zero-order valence-electron chi connectivity index (χ0n) is 19.2. The maximum absolute atomic E-state index is 13.7. The van der Waals surface area contributed by atoms with Crippen LogP contribution in [0.25, 0.3) is 10.9 Å². The van der Waals surface area contributed by atoms with Crippen LogP contribution in [-0.2, 0) is 17.9 Å². The summed E-state index contributed by atoms with van der Waals surface area (Å²) in [5.41, 5.74) is 5.37. The topological polar surface area (TPSA) is 84.3 Å². The summed E-state index contributed by atoms with van der Waals surface area (Å²) in [6.07, 6.45) is 1.98. The Morgan fingerprint density at radius 1 is 1.18 bits per heavy atom. The van der Waals surface area contributed by atoms with Gasteiger partial charge in [-0.05, 0) is 42.3 Å². The Labute approximate surface area is 196 Å². The molecule has 2 N–H and O–H groups in total. The van der Waals surface area contributed by atoms with Gasteiger partial charge in [0, 0.05) is 31.2 Å². The Balaban J connectivity index is 1.31. The molecule has 3 heterocycles. The lowest BCUT2D eigenvalue weighted by Crippen LogP contribution is -2.36. The van der Waals surface area contributed by atoms with Gasteiger partial charge in [-0.3, -0.25) is 9.48 Å². The zero-order chi connectivity index (χ0) is 23.8. The van der Waals surface area contributed by atoms with Crippen molar-refractivity contribution in [2.45, 2.75) is 20.0 Å². The van der Waals surface area contributed by atoms with E-state index in [1.54, 1.807) is 12.1 Å². The second-order valence-electron chi connectivity index (χ2n) is 8.43. The van der Waals surface area contributed by atoms with Gasteiger partial charge in [-0.2, -0.15) is 5.10 Å². The van der Waals surface area contributed by atoms with E-state index >= 15 is 0 Å². The van der Waals surface area contributed by atoms with Crippen molar-refractivity contribution in [1.82, 2.24) is 14.8 Å². The number of carbonyl (C=O) groups is 1. The van der Waals surface area contributed by atoms with Gasteiger partial charge in [0.15, 0.2) is 11.6 Å². The van der Waals surface area contributed by atoms with Gasteiger partial charge < -0.3 is 20.3 Å². The minimum Gasteiger partial charge on any atom is -0.494 e. The number of pyridine rings is 1. The number of anilines is 3. The summed E-state index contributed by atoms with van der Waals surface area (Å²) in [5.74, 6) is 0.560. The van der Waals surface area contributed by atoms with Crippen LogP contribution in [0.5, 0.6) is 5.75 Å². The van der Waals surface area contributed by atoms with Gasteiger partial charge in [0.1, 0.15) is 5.82 Å². The van der Waals surface area contributed by atoms with E-state index in [0.717, 1.165) is 44.9 Å². The van der Waals surface area contributed by atoms with Crippen molar-refractivity contribution in [2.75, 3.05) is 36.2 Å².